The summed E-state index contributed by atoms with van der Waals surface area (Å²) in [5.74, 6) is 0.721. The number of nitrogens with one attached hydrogen (secondary N) is 1. The number of hydrogen-bond donors (Lipinski definition) is 1. The maximum atomic E-state index is 5.89. The summed E-state index contributed by atoms with van der Waals surface area (Å²) in [4.78, 5) is 0. The Labute approximate surface area is 115 Å². The van der Waals surface area contributed by atoms with Crippen LogP contribution in [0.5, 0.6) is 0 Å². The molecule has 0 bridgehead atoms. The van der Waals surface area contributed by atoms with E-state index in [0.29, 0.717) is 6.04 Å². The maximum absolute atomic E-state index is 5.89. The predicted molar refractivity (Wildman–Crippen MR) is 76.3 cm³/mol. The van der Waals surface area contributed by atoms with Gasteiger partial charge in [-0.05, 0) is 55.8 Å². The first kappa shape index (κ1) is 13.9. The third-order valence-electron chi connectivity index (χ3n) is 3.69. The number of hydrogen-bond acceptors (Lipinski definition) is 2. The van der Waals surface area contributed by atoms with E-state index < -0.39 is 0 Å². The Hall–Kier alpha value is -0.570. The Morgan fingerprint density at radius 3 is 2.61 bits per heavy atom. The van der Waals surface area contributed by atoms with Gasteiger partial charge in [0.15, 0.2) is 0 Å². The Bertz CT molecular complexity index is 346. The van der Waals surface area contributed by atoms with Gasteiger partial charge in [0, 0.05) is 24.8 Å². The summed E-state index contributed by atoms with van der Waals surface area (Å²) in [7, 11) is 1.76. The highest BCUT2D eigenvalue weighted by Crippen LogP contribution is 2.37. The van der Waals surface area contributed by atoms with Gasteiger partial charge in [0.2, 0.25) is 0 Å². The topological polar surface area (TPSA) is 21.3 Å². The van der Waals surface area contributed by atoms with E-state index in [1.165, 1.54) is 24.8 Å². The molecule has 2 nitrogen and oxygen atoms in total. The van der Waals surface area contributed by atoms with Crippen LogP contribution in [0.3, 0.4) is 0 Å². The van der Waals surface area contributed by atoms with Crippen molar-refractivity contribution in [3.63, 3.8) is 0 Å². The Morgan fingerprint density at radius 1 is 1.22 bits per heavy atom. The minimum atomic E-state index is 0.702. The van der Waals surface area contributed by atoms with Crippen molar-refractivity contribution < 1.29 is 4.74 Å². The van der Waals surface area contributed by atoms with Gasteiger partial charge in [0.1, 0.15) is 0 Å². The van der Waals surface area contributed by atoms with Gasteiger partial charge in [-0.2, -0.15) is 0 Å². The molecule has 0 spiro atoms. The van der Waals surface area contributed by atoms with Crippen molar-refractivity contribution in [1.82, 2.24) is 5.32 Å². The molecule has 0 radical (unpaired) electrons. The second-order valence-corrected chi connectivity index (χ2v) is 5.51. The molecule has 1 aromatic rings. The molecule has 0 heterocycles. The van der Waals surface area contributed by atoms with Gasteiger partial charge in [-0.25, -0.2) is 0 Å². The van der Waals surface area contributed by atoms with E-state index in [-0.39, 0.29) is 0 Å². The molecule has 1 aromatic carbocycles. The molecule has 1 aliphatic rings. The number of ether oxygens (including phenoxy) is 1. The number of unbranched alkanes of at least 4 members (excludes halogenated alkanes) is 1. The fraction of sp³-hybridized carbons (Fsp3) is 0.600. The highest BCUT2D eigenvalue weighted by atomic mass is 35.5. The van der Waals surface area contributed by atoms with E-state index in [1.54, 1.807) is 7.11 Å². The molecule has 1 N–H and O–H groups in total. The molecule has 2 rings (SSSR count). The average Bonchev–Trinajstić information content (AvgIpc) is 2.33. The van der Waals surface area contributed by atoms with Crippen LogP contribution in [0.15, 0.2) is 24.3 Å². The summed E-state index contributed by atoms with van der Waals surface area (Å²) in [6.07, 6.45) is 4.87. The van der Waals surface area contributed by atoms with Crippen molar-refractivity contribution >= 4 is 11.6 Å². The van der Waals surface area contributed by atoms with Crippen molar-refractivity contribution in [2.24, 2.45) is 0 Å². The molecule has 0 aliphatic heterocycles. The quantitative estimate of drug-likeness (QED) is 0.762. The van der Waals surface area contributed by atoms with Gasteiger partial charge in [-0.1, -0.05) is 23.7 Å². The zero-order chi connectivity index (χ0) is 12.8. The molecule has 1 fully saturated rings. The fourth-order valence-corrected chi connectivity index (χ4v) is 2.60. The van der Waals surface area contributed by atoms with Crippen LogP contribution >= 0.6 is 11.6 Å². The molecule has 18 heavy (non-hydrogen) atoms. The summed E-state index contributed by atoms with van der Waals surface area (Å²) in [5, 5.41) is 4.43. The van der Waals surface area contributed by atoms with E-state index >= 15 is 0 Å². The van der Waals surface area contributed by atoms with E-state index in [2.05, 4.69) is 17.4 Å². The van der Waals surface area contributed by atoms with Gasteiger partial charge in [-0.3, -0.25) is 0 Å². The van der Waals surface area contributed by atoms with Crippen LogP contribution in [-0.4, -0.2) is 26.3 Å². The van der Waals surface area contributed by atoms with Crippen molar-refractivity contribution in [3.05, 3.63) is 34.9 Å². The maximum Gasteiger partial charge on any atom is 0.0462 e. The molecule has 0 saturated heterocycles. The molecule has 1 saturated carbocycles. The summed E-state index contributed by atoms with van der Waals surface area (Å²) in [5.41, 5.74) is 1.43. The molecule has 100 valence electrons. The van der Waals surface area contributed by atoms with Crippen LogP contribution in [0, 0.1) is 0 Å². The first-order valence-corrected chi connectivity index (χ1v) is 7.15. The van der Waals surface area contributed by atoms with Crippen molar-refractivity contribution in [2.75, 3.05) is 20.3 Å². The predicted octanol–water partition coefficient (Wildman–Crippen LogP) is 3.60. The lowest BCUT2D eigenvalue weighted by Crippen LogP contribution is -2.40. The summed E-state index contributed by atoms with van der Waals surface area (Å²) in [6, 6.07) is 8.99. The van der Waals surface area contributed by atoms with Crippen LogP contribution < -0.4 is 5.32 Å². The van der Waals surface area contributed by atoms with E-state index in [4.69, 9.17) is 16.3 Å². The van der Waals surface area contributed by atoms with Gasteiger partial charge < -0.3 is 10.1 Å². The van der Waals surface area contributed by atoms with E-state index in [1.807, 2.05) is 12.1 Å². The van der Waals surface area contributed by atoms with Crippen LogP contribution in [0.25, 0.3) is 0 Å². The normalized spacial score (nSPS) is 22.8. The third-order valence-corrected chi connectivity index (χ3v) is 3.94. The number of methoxy groups -OCH3 is 1. The third kappa shape index (κ3) is 3.98. The SMILES string of the molecule is COCCCCNC1CC(c2ccc(Cl)cc2)C1. The van der Waals surface area contributed by atoms with Crippen molar-refractivity contribution in [3.8, 4) is 0 Å². The lowest BCUT2D eigenvalue weighted by molar-refractivity contribution is 0.191. The van der Waals surface area contributed by atoms with E-state index in [0.717, 1.165) is 30.5 Å². The number of benzene rings is 1. The van der Waals surface area contributed by atoms with Gasteiger partial charge in [-0.15, -0.1) is 0 Å². The van der Waals surface area contributed by atoms with Gasteiger partial charge >= 0.3 is 0 Å². The summed E-state index contributed by atoms with van der Waals surface area (Å²) >= 11 is 5.89. The molecular formula is C15H22ClNO. The second-order valence-electron chi connectivity index (χ2n) is 5.07. The highest BCUT2D eigenvalue weighted by molar-refractivity contribution is 6.30. The Kier molecular flexibility index (Phi) is 5.48. The minimum absolute atomic E-state index is 0.702. The summed E-state index contributed by atoms with van der Waals surface area (Å²) < 4.78 is 5.04. The first-order valence-electron chi connectivity index (χ1n) is 6.77. The standard InChI is InChI=1S/C15H22ClNO/c1-18-9-3-2-8-17-15-10-13(11-15)12-4-6-14(16)7-5-12/h4-7,13,15,17H,2-3,8-11H2,1H3. The zero-order valence-corrected chi connectivity index (χ0v) is 11.7. The van der Waals surface area contributed by atoms with Crippen LogP contribution in [0.4, 0.5) is 0 Å². The molecule has 1 aliphatic carbocycles. The smallest absolute Gasteiger partial charge is 0.0462 e. The zero-order valence-electron chi connectivity index (χ0n) is 11.0. The highest BCUT2D eigenvalue weighted by Gasteiger charge is 2.29. The molecule has 0 amide bonds. The second kappa shape index (κ2) is 7.13. The van der Waals surface area contributed by atoms with Crippen molar-refractivity contribution in [1.29, 1.82) is 0 Å². The lowest BCUT2D eigenvalue weighted by Gasteiger charge is -2.36. The summed E-state index contributed by atoms with van der Waals surface area (Å²) in [6.45, 7) is 1.99. The van der Waals surface area contributed by atoms with Crippen LogP contribution in [0.2, 0.25) is 5.02 Å². The molecule has 0 unspecified atom stereocenters. The Morgan fingerprint density at radius 2 is 1.94 bits per heavy atom. The molecule has 3 heteroatoms. The van der Waals surface area contributed by atoms with Gasteiger partial charge in [0.25, 0.3) is 0 Å². The first-order chi connectivity index (χ1) is 8.79. The lowest BCUT2D eigenvalue weighted by atomic mass is 9.76. The van der Waals surface area contributed by atoms with Crippen molar-refractivity contribution in [2.45, 2.75) is 37.6 Å². The minimum Gasteiger partial charge on any atom is -0.385 e. The fourth-order valence-electron chi connectivity index (χ4n) is 2.47. The monoisotopic (exact) mass is 267 g/mol. The average molecular weight is 268 g/mol. The Balaban J connectivity index is 1.60. The number of halogens is 1. The molecule has 0 aromatic heterocycles. The molecular weight excluding hydrogens is 246 g/mol. The van der Waals surface area contributed by atoms with Gasteiger partial charge in [0.05, 0.1) is 0 Å². The largest absolute Gasteiger partial charge is 0.385 e. The van der Waals surface area contributed by atoms with Crippen LogP contribution in [0.1, 0.15) is 37.2 Å². The molecule has 0 atom stereocenters. The van der Waals surface area contributed by atoms with Crippen LogP contribution in [-0.2, 0) is 4.74 Å². The number of rotatable bonds is 7. The van der Waals surface area contributed by atoms with E-state index in [9.17, 15) is 0 Å².